The number of anilines is 4. The number of nitrogens with one attached hydrogen (secondary N) is 2. The second-order valence-corrected chi connectivity index (χ2v) is 7.84. The smallest absolute Gasteiger partial charge is 0.223 e. The van der Waals surface area contributed by atoms with Gasteiger partial charge in [-0.3, -0.25) is 0 Å². The highest BCUT2D eigenvalue weighted by Gasteiger charge is 2.26. The van der Waals surface area contributed by atoms with E-state index in [0.29, 0.717) is 29.5 Å². The standard InChI is InChI=1S/C23H24FN7O2/c1-32-13-15-3-2-10-31(15)21-12-20(29-23(25)30-21)28-14-4-5-19(17(24)11-14)33-18-7-9-27-22-16(18)6-8-26-22/h4-9,11-12,15H,2-3,10,13H2,1H3,(H,26,27)(H3,25,28,29,30)/t15-/m1/s1. The number of benzene rings is 1. The summed E-state index contributed by atoms with van der Waals surface area (Å²) in [5.74, 6) is 1.46. The van der Waals surface area contributed by atoms with E-state index in [9.17, 15) is 4.39 Å². The van der Waals surface area contributed by atoms with Gasteiger partial charge >= 0.3 is 0 Å². The molecule has 1 fully saturated rings. The largest absolute Gasteiger partial charge is 0.453 e. The first-order valence-corrected chi connectivity index (χ1v) is 10.7. The number of fused-ring (bicyclic) bond motifs is 1. The summed E-state index contributed by atoms with van der Waals surface area (Å²) < 4.78 is 26.0. The number of nitrogen functional groups attached to an aromatic ring is 1. The van der Waals surface area contributed by atoms with E-state index in [4.69, 9.17) is 15.2 Å². The van der Waals surface area contributed by atoms with E-state index >= 15 is 0 Å². The van der Waals surface area contributed by atoms with Crippen LogP contribution in [0.15, 0.2) is 48.8 Å². The topological polar surface area (TPSA) is 114 Å². The summed E-state index contributed by atoms with van der Waals surface area (Å²) in [5.41, 5.74) is 7.14. The molecule has 10 heteroatoms. The summed E-state index contributed by atoms with van der Waals surface area (Å²) in [6, 6.07) is 10.2. The van der Waals surface area contributed by atoms with Crippen LogP contribution >= 0.6 is 0 Å². The lowest BCUT2D eigenvalue weighted by atomic mass is 10.2. The van der Waals surface area contributed by atoms with Gasteiger partial charge in [0.1, 0.15) is 23.0 Å². The third kappa shape index (κ3) is 4.37. The average molecular weight is 449 g/mol. The van der Waals surface area contributed by atoms with Crippen molar-refractivity contribution < 1.29 is 13.9 Å². The molecular weight excluding hydrogens is 425 g/mol. The van der Waals surface area contributed by atoms with Crippen LogP contribution in [0.2, 0.25) is 0 Å². The zero-order valence-electron chi connectivity index (χ0n) is 18.1. The summed E-state index contributed by atoms with van der Waals surface area (Å²) in [7, 11) is 1.69. The van der Waals surface area contributed by atoms with Gasteiger partial charge < -0.3 is 30.4 Å². The maximum absolute atomic E-state index is 14.8. The molecule has 0 unspecified atom stereocenters. The normalized spacial score (nSPS) is 15.8. The molecule has 0 spiro atoms. The van der Waals surface area contributed by atoms with Crippen LogP contribution in [0.3, 0.4) is 0 Å². The fourth-order valence-corrected chi connectivity index (χ4v) is 4.12. The molecule has 0 aliphatic carbocycles. The number of H-pyrrole nitrogens is 1. The molecule has 3 aromatic heterocycles. The molecule has 170 valence electrons. The minimum absolute atomic E-state index is 0.108. The zero-order chi connectivity index (χ0) is 22.8. The van der Waals surface area contributed by atoms with Gasteiger partial charge in [0, 0.05) is 43.9 Å². The number of nitrogens with zero attached hydrogens (tertiary/aromatic N) is 4. The number of hydrogen-bond acceptors (Lipinski definition) is 8. The van der Waals surface area contributed by atoms with Crippen molar-refractivity contribution in [2.75, 3.05) is 36.2 Å². The first-order chi connectivity index (χ1) is 16.1. The number of halogens is 1. The Hall–Kier alpha value is -3.92. The summed E-state index contributed by atoms with van der Waals surface area (Å²) in [5, 5.41) is 3.89. The first kappa shape index (κ1) is 21.0. The molecule has 4 heterocycles. The summed E-state index contributed by atoms with van der Waals surface area (Å²) in [4.78, 5) is 18.0. The van der Waals surface area contributed by atoms with Crippen LogP contribution in [-0.2, 0) is 4.74 Å². The molecule has 1 aliphatic rings. The Balaban J connectivity index is 1.35. The lowest BCUT2D eigenvalue weighted by Gasteiger charge is -2.25. The highest BCUT2D eigenvalue weighted by molar-refractivity contribution is 5.82. The highest BCUT2D eigenvalue weighted by atomic mass is 19.1. The minimum Gasteiger partial charge on any atom is -0.453 e. The molecule has 0 saturated carbocycles. The summed E-state index contributed by atoms with van der Waals surface area (Å²) in [6.45, 7) is 1.49. The number of aromatic nitrogens is 4. The van der Waals surface area contributed by atoms with Crippen LogP contribution in [0.25, 0.3) is 11.0 Å². The van der Waals surface area contributed by atoms with Gasteiger partial charge in [0.25, 0.3) is 0 Å². The molecule has 33 heavy (non-hydrogen) atoms. The third-order valence-electron chi connectivity index (χ3n) is 5.60. The molecular formula is C23H24FN7O2. The number of pyridine rings is 1. The van der Waals surface area contributed by atoms with Crippen molar-refractivity contribution in [2.45, 2.75) is 18.9 Å². The van der Waals surface area contributed by atoms with E-state index in [-0.39, 0.29) is 17.7 Å². The molecule has 4 aromatic rings. The molecule has 1 aromatic carbocycles. The van der Waals surface area contributed by atoms with Gasteiger partial charge in [-0.15, -0.1) is 0 Å². The van der Waals surface area contributed by atoms with Gasteiger partial charge in [0.05, 0.1) is 18.0 Å². The maximum atomic E-state index is 14.8. The monoisotopic (exact) mass is 449 g/mol. The average Bonchev–Trinajstić information content (AvgIpc) is 3.45. The Morgan fingerprint density at radius 1 is 1.21 bits per heavy atom. The van der Waals surface area contributed by atoms with Crippen LogP contribution in [0.4, 0.5) is 27.7 Å². The Labute approximate surface area is 189 Å². The van der Waals surface area contributed by atoms with E-state index in [2.05, 4.69) is 30.2 Å². The number of methoxy groups -OCH3 is 1. The Bertz CT molecular complexity index is 1280. The van der Waals surface area contributed by atoms with E-state index in [0.717, 1.165) is 30.6 Å². The van der Waals surface area contributed by atoms with Gasteiger partial charge in [-0.25, -0.2) is 9.37 Å². The molecule has 0 radical (unpaired) electrons. The third-order valence-corrected chi connectivity index (χ3v) is 5.60. The number of hydrogen-bond donors (Lipinski definition) is 3. The molecule has 0 amide bonds. The second-order valence-electron chi connectivity index (χ2n) is 7.84. The quantitative estimate of drug-likeness (QED) is 0.384. The van der Waals surface area contributed by atoms with Crippen LogP contribution in [-0.4, -0.2) is 46.2 Å². The molecule has 1 atom stereocenters. The van der Waals surface area contributed by atoms with Crippen LogP contribution in [0.5, 0.6) is 11.5 Å². The molecule has 1 aliphatic heterocycles. The lowest BCUT2D eigenvalue weighted by Crippen LogP contribution is -2.33. The number of aromatic amines is 1. The number of nitrogens with two attached hydrogens (primary N) is 1. The van der Waals surface area contributed by atoms with Gasteiger partial charge in [0.2, 0.25) is 5.95 Å². The molecule has 1 saturated heterocycles. The maximum Gasteiger partial charge on any atom is 0.223 e. The van der Waals surface area contributed by atoms with Crippen molar-refractivity contribution in [1.29, 1.82) is 0 Å². The predicted molar refractivity (Wildman–Crippen MR) is 125 cm³/mol. The second kappa shape index (κ2) is 8.91. The van der Waals surface area contributed by atoms with Crippen LogP contribution in [0.1, 0.15) is 12.8 Å². The lowest BCUT2D eigenvalue weighted by molar-refractivity contribution is 0.180. The zero-order valence-corrected chi connectivity index (χ0v) is 18.1. The van der Waals surface area contributed by atoms with Crippen molar-refractivity contribution in [2.24, 2.45) is 0 Å². The molecule has 4 N–H and O–H groups in total. The SMILES string of the molecule is COC[C@H]1CCCN1c1cc(Nc2ccc(Oc3ccnc4[nH]ccc34)c(F)c2)nc(N)n1. The molecule has 0 bridgehead atoms. The van der Waals surface area contributed by atoms with Gasteiger partial charge in [0.15, 0.2) is 11.6 Å². The van der Waals surface area contributed by atoms with Gasteiger partial charge in [-0.1, -0.05) is 0 Å². The fourth-order valence-electron chi connectivity index (χ4n) is 4.12. The number of ether oxygens (including phenoxy) is 2. The van der Waals surface area contributed by atoms with Crippen molar-refractivity contribution in [3.8, 4) is 11.5 Å². The van der Waals surface area contributed by atoms with E-state index in [1.165, 1.54) is 6.07 Å². The van der Waals surface area contributed by atoms with E-state index in [1.807, 2.05) is 12.1 Å². The minimum atomic E-state index is -0.512. The predicted octanol–water partition coefficient (Wildman–Crippen LogP) is 4.23. The Morgan fingerprint density at radius 2 is 2.12 bits per heavy atom. The van der Waals surface area contributed by atoms with Crippen LogP contribution < -0.4 is 20.7 Å². The summed E-state index contributed by atoms with van der Waals surface area (Å²) in [6.07, 6.45) is 5.45. The Morgan fingerprint density at radius 3 is 2.97 bits per heavy atom. The van der Waals surface area contributed by atoms with Crippen molar-refractivity contribution >= 4 is 34.3 Å². The first-order valence-electron chi connectivity index (χ1n) is 10.7. The van der Waals surface area contributed by atoms with Gasteiger partial charge in [-0.05, 0) is 37.1 Å². The van der Waals surface area contributed by atoms with E-state index in [1.54, 1.807) is 37.7 Å². The summed E-state index contributed by atoms with van der Waals surface area (Å²) >= 11 is 0. The Kier molecular flexibility index (Phi) is 5.66. The highest BCUT2D eigenvalue weighted by Crippen LogP contribution is 2.32. The van der Waals surface area contributed by atoms with E-state index < -0.39 is 5.82 Å². The fraction of sp³-hybridized carbons (Fsp3) is 0.261. The molecule has 9 nitrogen and oxygen atoms in total. The van der Waals surface area contributed by atoms with Crippen LogP contribution in [0, 0.1) is 5.82 Å². The van der Waals surface area contributed by atoms with Crippen molar-refractivity contribution in [3.63, 3.8) is 0 Å². The van der Waals surface area contributed by atoms with Crippen molar-refractivity contribution in [1.82, 2.24) is 19.9 Å². The van der Waals surface area contributed by atoms with Crippen molar-refractivity contribution in [3.05, 3.63) is 54.6 Å². The van der Waals surface area contributed by atoms with Gasteiger partial charge in [-0.2, -0.15) is 9.97 Å². The number of rotatable bonds is 7. The molecule has 5 rings (SSSR count).